The van der Waals surface area contributed by atoms with Crippen molar-refractivity contribution in [1.29, 1.82) is 0 Å². The van der Waals surface area contributed by atoms with Crippen molar-refractivity contribution >= 4 is 49.6 Å². The molecule has 2 aromatic heterocycles. The average molecular weight is 360 g/mol. The molecule has 0 fully saturated rings. The fourth-order valence-electron chi connectivity index (χ4n) is 1.56. The van der Waals surface area contributed by atoms with E-state index in [1.807, 2.05) is 24.3 Å². The van der Waals surface area contributed by atoms with Crippen molar-refractivity contribution in [1.82, 2.24) is 9.97 Å². The fourth-order valence-corrected chi connectivity index (χ4v) is 1.56. The van der Waals surface area contributed by atoms with Crippen LogP contribution in [0.15, 0.2) is 49.1 Å². The van der Waals surface area contributed by atoms with E-state index in [2.05, 4.69) is 9.97 Å². The van der Waals surface area contributed by atoms with E-state index in [9.17, 15) is 0 Å². The van der Waals surface area contributed by atoms with Gasteiger partial charge < -0.3 is 11.5 Å². The van der Waals surface area contributed by atoms with Gasteiger partial charge >= 0.3 is 0 Å². The van der Waals surface area contributed by atoms with Crippen LogP contribution in [-0.4, -0.2) is 9.97 Å². The van der Waals surface area contributed by atoms with Crippen molar-refractivity contribution < 1.29 is 0 Å². The maximum Gasteiger partial charge on any atom is 0.0507 e. The van der Waals surface area contributed by atoms with Crippen molar-refractivity contribution in [3.63, 3.8) is 0 Å². The highest BCUT2D eigenvalue weighted by Gasteiger charge is 2.17. The zero-order chi connectivity index (χ0) is 11.4. The fraction of sp³-hybridized carbons (Fsp3) is 0.167. The normalized spacial score (nSPS) is 11.5. The molecular formula is C12H18Cl4N4. The van der Waals surface area contributed by atoms with Gasteiger partial charge in [0.05, 0.1) is 12.1 Å². The highest BCUT2D eigenvalue weighted by Crippen LogP contribution is 2.22. The Kier molecular flexibility index (Phi) is 14.8. The van der Waals surface area contributed by atoms with Crippen molar-refractivity contribution in [3.8, 4) is 0 Å². The molecule has 0 unspecified atom stereocenters. The van der Waals surface area contributed by atoms with Gasteiger partial charge in [-0.1, -0.05) is 12.1 Å². The standard InChI is InChI=1S/C12H14N4.4ClH/c13-11(9-3-1-5-15-7-9)12(14)10-4-2-6-16-8-10;;;;/h1-8,11-12H,13-14H2;4*1H/t11-,12-;;;;/m1..../s1. The molecule has 2 rings (SSSR count). The summed E-state index contributed by atoms with van der Waals surface area (Å²) in [4.78, 5) is 8.06. The Morgan fingerprint density at radius 2 is 1.05 bits per heavy atom. The SMILES string of the molecule is Cl.Cl.Cl.Cl.N[C@H](c1cccnc1)[C@H](N)c1cccnc1. The molecule has 0 bridgehead atoms. The van der Waals surface area contributed by atoms with Crippen LogP contribution in [0.5, 0.6) is 0 Å². The molecule has 0 spiro atoms. The minimum Gasteiger partial charge on any atom is -0.322 e. The summed E-state index contributed by atoms with van der Waals surface area (Å²) in [5.74, 6) is 0. The molecule has 0 radical (unpaired) electrons. The summed E-state index contributed by atoms with van der Waals surface area (Å²) >= 11 is 0. The predicted molar refractivity (Wildman–Crippen MR) is 91.3 cm³/mol. The molecule has 0 aliphatic carbocycles. The highest BCUT2D eigenvalue weighted by molar-refractivity contribution is 5.86. The third-order valence-corrected chi connectivity index (χ3v) is 2.53. The van der Waals surface area contributed by atoms with Crippen LogP contribution in [0.2, 0.25) is 0 Å². The molecule has 20 heavy (non-hydrogen) atoms. The minimum absolute atomic E-state index is 0. The number of aromatic nitrogens is 2. The molecule has 0 aromatic carbocycles. The van der Waals surface area contributed by atoms with Crippen molar-refractivity contribution in [3.05, 3.63) is 60.2 Å². The number of halogens is 4. The van der Waals surface area contributed by atoms with Gasteiger partial charge in [0.1, 0.15) is 0 Å². The van der Waals surface area contributed by atoms with Crippen LogP contribution in [0.25, 0.3) is 0 Å². The maximum absolute atomic E-state index is 6.08. The molecule has 0 saturated heterocycles. The second-order valence-electron chi connectivity index (χ2n) is 3.62. The third-order valence-electron chi connectivity index (χ3n) is 2.53. The largest absolute Gasteiger partial charge is 0.322 e. The molecule has 0 aliphatic heterocycles. The number of hydrogen-bond donors (Lipinski definition) is 2. The lowest BCUT2D eigenvalue weighted by Crippen LogP contribution is -2.26. The molecule has 8 heteroatoms. The van der Waals surface area contributed by atoms with Gasteiger partial charge in [0.15, 0.2) is 0 Å². The Balaban J connectivity index is -0.000000722. The summed E-state index contributed by atoms with van der Waals surface area (Å²) in [7, 11) is 0. The molecule has 0 amide bonds. The predicted octanol–water partition coefficient (Wildman–Crippen LogP) is 2.86. The molecule has 2 heterocycles. The molecule has 2 atom stereocenters. The van der Waals surface area contributed by atoms with Crippen molar-refractivity contribution in [2.75, 3.05) is 0 Å². The van der Waals surface area contributed by atoms with Crippen LogP contribution in [0.1, 0.15) is 23.2 Å². The molecular weight excluding hydrogens is 342 g/mol. The lowest BCUT2D eigenvalue weighted by Gasteiger charge is -2.19. The van der Waals surface area contributed by atoms with Crippen LogP contribution < -0.4 is 11.5 Å². The second-order valence-corrected chi connectivity index (χ2v) is 3.62. The van der Waals surface area contributed by atoms with Crippen molar-refractivity contribution in [2.45, 2.75) is 12.1 Å². The molecule has 4 nitrogen and oxygen atoms in total. The quantitative estimate of drug-likeness (QED) is 0.883. The maximum atomic E-state index is 6.08. The second kappa shape index (κ2) is 12.1. The number of nitrogens with zero attached hydrogens (tertiary/aromatic N) is 2. The average Bonchev–Trinajstić information content (AvgIpc) is 2.39. The van der Waals surface area contributed by atoms with Gasteiger partial charge in [-0.25, -0.2) is 0 Å². The first-order valence-electron chi connectivity index (χ1n) is 5.10. The third kappa shape index (κ3) is 6.22. The molecule has 0 aliphatic rings. The topological polar surface area (TPSA) is 77.8 Å². The zero-order valence-corrected chi connectivity index (χ0v) is 13.7. The molecule has 4 N–H and O–H groups in total. The summed E-state index contributed by atoms with van der Waals surface area (Å²) in [6, 6.07) is 7.02. The number of pyridine rings is 2. The van der Waals surface area contributed by atoms with E-state index < -0.39 is 0 Å². The monoisotopic (exact) mass is 358 g/mol. The van der Waals surface area contributed by atoms with Crippen LogP contribution in [-0.2, 0) is 0 Å². The Hall–Kier alpha value is -0.620. The summed E-state index contributed by atoms with van der Waals surface area (Å²) < 4.78 is 0. The summed E-state index contributed by atoms with van der Waals surface area (Å²) in [6.07, 6.45) is 6.90. The number of nitrogens with two attached hydrogens (primary N) is 2. The lowest BCUT2D eigenvalue weighted by molar-refractivity contribution is 0.571. The van der Waals surface area contributed by atoms with E-state index in [1.54, 1.807) is 24.8 Å². The Morgan fingerprint density at radius 1 is 0.700 bits per heavy atom. The molecule has 2 aromatic rings. The first kappa shape index (κ1) is 24.4. The van der Waals surface area contributed by atoms with Crippen LogP contribution in [0.4, 0.5) is 0 Å². The minimum atomic E-state index is -0.266. The van der Waals surface area contributed by atoms with Gasteiger partial charge in [0, 0.05) is 24.8 Å². The Labute approximate surface area is 143 Å². The summed E-state index contributed by atoms with van der Waals surface area (Å²) in [5.41, 5.74) is 14.0. The molecule has 114 valence electrons. The van der Waals surface area contributed by atoms with Gasteiger partial charge in [-0.15, -0.1) is 49.6 Å². The first-order chi connectivity index (χ1) is 7.79. The summed E-state index contributed by atoms with van der Waals surface area (Å²) in [6.45, 7) is 0. The van der Waals surface area contributed by atoms with Gasteiger partial charge in [-0.3, -0.25) is 9.97 Å². The summed E-state index contributed by atoms with van der Waals surface area (Å²) in [5, 5.41) is 0. The van der Waals surface area contributed by atoms with Gasteiger partial charge in [0.2, 0.25) is 0 Å². The molecule has 0 saturated carbocycles. The Morgan fingerprint density at radius 3 is 1.30 bits per heavy atom. The smallest absolute Gasteiger partial charge is 0.0507 e. The van der Waals surface area contributed by atoms with E-state index in [0.29, 0.717) is 0 Å². The number of rotatable bonds is 3. The van der Waals surface area contributed by atoms with Gasteiger partial charge in [-0.2, -0.15) is 0 Å². The number of hydrogen-bond acceptors (Lipinski definition) is 4. The van der Waals surface area contributed by atoms with Crippen LogP contribution >= 0.6 is 49.6 Å². The highest BCUT2D eigenvalue weighted by atomic mass is 35.5. The zero-order valence-electron chi connectivity index (χ0n) is 10.5. The van der Waals surface area contributed by atoms with Crippen LogP contribution in [0.3, 0.4) is 0 Å². The lowest BCUT2D eigenvalue weighted by atomic mass is 9.97. The van der Waals surface area contributed by atoms with Gasteiger partial charge in [0.25, 0.3) is 0 Å². The van der Waals surface area contributed by atoms with Gasteiger partial charge in [-0.05, 0) is 23.3 Å². The first-order valence-corrected chi connectivity index (χ1v) is 5.10. The van der Waals surface area contributed by atoms with Crippen LogP contribution in [0, 0.1) is 0 Å². The van der Waals surface area contributed by atoms with Crippen molar-refractivity contribution in [2.24, 2.45) is 11.5 Å². The Bertz CT molecular complexity index is 400. The van der Waals surface area contributed by atoms with E-state index >= 15 is 0 Å². The van der Waals surface area contributed by atoms with E-state index in [4.69, 9.17) is 11.5 Å². The van der Waals surface area contributed by atoms with E-state index in [-0.39, 0.29) is 61.7 Å². The van der Waals surface area contributed by atoms with E-state index in [1.165, 1.54) is 0 Å². The van der Waals surface area contributed by atoms with E-state index in [0.717, 1.165) is 11.1 Å².